The van der Waals surface area contributed by atoms with Gasteiger partial charge in [-0.05, 0) is 24.1 Å². The Morgan fingerprint density at radius 2 is 1.87 bits per heavy atom. The minimum absolute atomic E-state index is 0.106. The molecule has 0 heterocycles. The molecule has 0 aliphatic carbocycles. The van der Waals surface area contributed by atoms with Crippen LogP contribution in [0.5, 0.6) is 0 Å². The molecule has 1 amide bonds. The van der Waals surface area contributed by atoms with Crippen LogP contribution in [0.25, 0.3) is 0 Å². The highest BCUT2D eigenvalue weighted by molar-refractivity contribution is 6.31. The summed E-state index contributed by atoms with van der Waals surface area (Å²) in [6.45, 7) is -0.377. The van der Waals surface area contributed by atoms with Crippen molar-refractivity contribution >= 4 is 17.5 Å². The van der Waals surface area contributed by atoms with E-state index in [1.807, 2.05) is 6.07 Å². The predicted octanol–water partition coefficient (Wildman–Crippen LogP) is 2.69. The van der Waals surface area contributed by atoms with E-state index in [-0.39, 0.29) is 23.6 Å². The van der Waals surface area contributed by atoms with Crippen molar-refractivity contribution in [3.05, 3.63) is 70.5 Å². The average molecular weight is 338 g/mol. The fourth-order valence-corrected chi connectivity index (χ4v) is 2.38. The lowest BCUT2D eigenvalue weighted by Gasteiger charge is -2.20. The largest absolute Gasteiger partial charge is 0.394 e. The normalized spacial score (nSPS) is 13.4. The molecular formula is C17H17ClFNO3. The maximum absolute atomic E-state index is 13.8. The fraction of sp³-hybridized carbons (Fsp3) is 0.235. The molecule has 0 aliphatic heterocycles. The van der Waals surface area contributed by atoms with Crippen LogP contribution >= 0.6 is 11.6 Å². The van der Waals surface area contributed by atoms with E-state index in [2.05, 4.69) is 5.32 Å². The van der Waals surface area contributed by atoms with Crippen LogP contribution in [0.15, 0.2) is 48.5 Å². The number of halogens is 2. The number of benzene rings is 2. The first kappa shape index (κ1) is 17.4. The Bertz CT molecular complexity index is 666. The highest BCUT2D eigenvalue weighted by atomic mass is 35.5. The number of rotatable bonds is 6. The van der Waals surface area contributed by atoms with Crippen molar-refractivity contribution in [3.63, 3.8) is 0 Å². The molecule has 2 aromatic rings. The molecule has 2 rings (SSSR count). The van der Waals surface area contributed by atoms with Gasteiger partial charge in [-0.1, -0.05) is 48.0 Å². The lowest BCUT2D eigenvalue weighted by Crippen LogP contribution is -2.39. The van der Waals surface area contributed by atoms with E-state index in [4.69, 9.17) is 11.6 Å². The Kier molecular flexibility index (Phi) is 6.10. The third kappa shape index (κ3) is 4.51. The van der Waals surface area contributed by atoms with Crippen molar-refractivity contribution < 1.29 is 19.4 Å². The molecule has 6 heteroatoms. The van der Waals surface area contributed by atoms with Crippen molar-refractivity contribution in [1.82, 2.24) is 5.32 Å². The fourth-order valence-electron chi connectivity index (χ4n) is 2.20. The molecular weight excluding hydrogens is 321 g/mol. The van der Waals surface area contributed by atoms with Gasteiger partial charge in [0.25, 0.3) is 5.91 Å². The molecule has 2 aromatic carbocycles. The number of hydrogen-bond donors (Lipinski definition) is 3. The number of hydrogen-bond acceptors (Lipinski definition) is 3. The molecule has 0 saturated carbocycles. The van der Waals surface area contributed by atoms with Gasteiger partial charge in [-0.25, -0.2) is 4.39 Å². The molecule has 0 fully saturated rings. The van der Waals surface area contributed by atoms with Gasteiger partial charge < -0.3 is 15.5 Å². The SMILES string of the molecule is O=C(NC(CO)CC(O)c1ccccc1)c1cccc(Cl)c1F. The van der Waals surface area contributed by atoms with Gasteiger partial charge in [0.2, 0.25) is 0 Å². The van der Waals surface area contributed by atoms with Crippen LogP contribution in [0, 0.1) is 5.82 Å². The summed E-state index contributed by atoms with van der Waals surface area (Å²) in [6, 6.07) is 12.3. The summed E-state index contributed by atoms with van der Waals surface area (Å²) < 4.78 is 13.8. The molecule has 0 aromatic heterocycles. The molecule has 0 spiro atoms. The second-order valence-corrected chi connectivity index (χ2v) is 5.52. The van der Waals surface area contributed by atoms with Gasteiger partial charge in [0.15, 0.2) is 5.82 Å². The molecule has 2 atom stereocenters. The summed E-state index contributed by atoms with van der Waals surface area (Å²) in [6.07, 6.45) is -0.744. The summed E-state index contributed by atoms with van der Waals surface area (Å²) in [5.74, 6) is -1.50. The topological polar surface area (TPSA) is 69.6 Å². The number of nitrogens with one attached hydrogen (secondary N) is 1. The van der Waals surface area contributed by atoms with Crippen LogP contribution in [0.4, 0.5) is 4.39 Å². The summed E-state index contributed by atoms with van der Waals surface area (Å²) >= 11 is 5.65. The zero-order chi connectivity index (χ0) is 16.8. The van der Waals surface area contributed by atoms with Crippen LogP contribution in [0.1, 0.15) is 28.4 Å². The summed E-state index contributed by atoms with van der Waals surface area (Å²) in [5, 5.41) is 21.9. The lowest BCUT2D eigenvalue weighted by molar-refractivity contribution is 0.0862. The van der Waals surface area contributed by atoms with E-state index in [0.29, 0.717) is 5.56 Å². The molecule has 0 saturated heterocycles. The van der Waals surface area contributed by atoms with E-state index in [1.165, 1.54) is 18.2 Å². The van der Waals surface area contributed by atoms with Crippen molar-refractivity contribution in [2.45, 2.75) is 18.6 Å². The van der Waals surface area contributed by atoms with E-state index < -0.39 is 23.9 Å². The first-order valence-corrected chi connectivity index (χ1v) is 7.49. The molecule has 2 unspecified atom stereocenters. The lowest BCUT2D eigenvalue weighted by atomic mass is 10.0. The third-order valence-electron chi connectivity index (χ3n) is 3.44. The molecule has 0 aliphatic rings. The predicted molar refractivity (Wildman–Crippen MR) is 85.8 cm³/mol. The summed E-state index contributed by atoms with van der Waals surface area (Å²) in [5.41, 5.74) is 0.472. The van der Waals surface area contributed by atoms with Crippen LogP contribution in [0.3, 0.4) is 0 Å². The second-order valence-electron chi connectivity index (χ2n) is 5.12. The van der Waals surface area contributed by atoms with Crippen molar-refractivity contribution in [1.29, 1.82) is 0 Å². The Hall–Kier alpha value is -1.95. The van der Waals surface area contributed by atoms with E-state index in [1.54, 1.807) is 24.3 Å². The number of aliphatic hydroxyl groups excluding tert-OH is 2. The number of amides is 1. The van der Waals surface area contributed by atoms with Gasteiger partial charge in [0.05, 0.1) is 29.3 Å². The molecule has 122 valence electrons. The van der Waals surface area contributed by atoms with Crippen molar-refractivity contribution in [2.75, 3.05) is 6.61 Å². The van der Waals surface area contributed by atoms with E-state index in [9.17, 15) is 19.4 Å². The number of aliphatic hydroxyl groups is 2. The third-order valence-corrected chi connectivity index (χ3v) is 3.74. The Morgan fingerprint density at radius 1 is 1.17 bits per heavy atom. The smallest absolute Gasteiger partial charge is 0.254 e. The van der Waals surface area contributed by atoms with Crippen molar-refractivity contribution in [3.8, 4) is 0 Å². The van der Waals surface area contributed by atoms with Crippen molar-refractivity contribution in [2.24, 2.45) is 0 Å². The minimum Gasteiger partial charge on any atom is -0.394 e. The van der Waals surface area contributed by atoms with Gasteiger partial charge >= 0.3 is 0 Å². The number of carbonyl (C=O) groups excluding carboxylic acids is 1. The Morgan fingerprint density at radius 3 is 2.52 bits per heavy atom. The zero-order valence-corrected chi connectivity index (χ0v) is 13.0. The average Bonchev–Trinajstić information content (AvgIpc) is 2.57. The molecule has 4 nitrogen and oxygen atoms in total. The quantitative estimate of drug-likeness (QED) is 0.759. The van der Waals surface area contributed by atoms with Crippen LogP contribution in [-0.4, -0.2) is 28.8 Å². The van der Waals surface area contributed by atoms with Gasteiger partial charge in [-0.15, -0.1) is 0 Å². The molecule has 0 radical (unpaired) electrons. The highest BCUT2D eigenvalue weighted by Crippen LogP contribution is 2.20. The Labute approximate surface area is 138 Å². The molecule has 23 heavy (non-hydrogen) atoms. The molecule has 3 N–H and O–H groups in total. The maximum atomic E-state index is 13.8. The standard InChI is InChI=1S/C17H17ClFNO3/c18-14-8-4-7-13(16(14)19)17(23)20-12(10-21)9-15(22)11-5-2-1-3-6-11/h1-8,12,15,21-22H,9-10H2,(H,20,23). The Balaban J connectivity index is 2.04. The second kappa shape index (κ2) is 8.06. The van der Waals surface area contributed by atoms with E-state index >= 15 is 0 Å². The monoisotopic (exact) mass is 337 g/mol. The van der Waals surface area contributed by atoms with Gasteiger partial charge in [-0.3, -0.25) is 4.79 Å². The minimum atomic E-state index is -0.849. The van der Waals surface area contributed by atoms with Crippen LogP contribution < -0.4 is 5.32 Å². The number of carbonyl (C=O) groups is 1. The van der Waals surface area contributed by atoms with Crippen LogP contribution in [0.2, 0.25) is 5.02 Å². The first-order chi connectivity index (χ1) is 11.0. The van der Waals surface area contributed by atoms with Gasteiger partial charge in [0.1, 0.15) is 0 Å². The zero-order valence-electron chi connectivity index (χ0n) is 12.2. The summed E-state index contributed by atoms with van der Waals surface area (Å²) in [7, 11) is 0. The summed E-state index contributed by atoms with van der Waals surface area (Å²) in [4.78, 5) is 12.1. The van der Waals surface area contributed by atoms with Gasteiger partial charge in [-0.2, -0.15) is 0 Å². The van der Waals surface area contributed by atoms with Crippen LogP contribution in [-0.2, 0) is 0 Å². The highest BCUT2D eigenvalue weighted by Gasteiger charge is 2.20. The van der Waals surface area contributed by atoms with Gasteiger partial charge in [0, 0.05) is 0 Å². The van der Waals surface area contributed by atoms with E-state index in [0.717, 1.165) is 0 Å². The molecule has 0 bridgehead atoms. The maximum Gasteiger partial charge on any atom is 0.254 e. The first-order valence-electron chi connectivity index (χ1n) is 7.11.